The molecule has 1 aromatic carbocycles. The van der Waals surface area contributed by atoms with Crippen molar-refractivity contribution < 1.29 is 8.42 Å². The topological polar surface area (TPSA) is 58.2 Å². The lowest BCUT2D eigenvalue weighted by molar-refractivity contribution is 0.543. The fourth-order valence-corrected chi connectivity index (χ4v) is 3.67. The number of sulfonamides is 1. The number of nitrogens with one attached hydrogen (secondary N) is 2. The van der Waals surface area contributed by atoms with Gasteiger partial charge in [-0.15, -0.1) is 0 Å². The van der Waals surface area contributed by atoms with Crippen LogP contribution in [0.3, 0.4) is 0 Å². The lowest BCUT2D eigenvalue weighted by Crippen LogP contribution is -2.33. The van der Waals surface area contributed by atoms with Crippen molar-refractivity contribution in [1.82, 2.24) is 10.0 Å². The second-order valence-corrected chi connectivity index (χ2v) is 7.31. The van der Waals surface area contributed by atoms with E-state index in [-0.39, 0.29) is 11.8 Å². The summed E-state index contributed by atoms with van der Waals surface area (Å²) in [5, 5.41) is 3.33. The average Bonchev–Trinajstić information content (AvgIpc) is 2.40. The summed E-state index contributed by atoms with van der Waals surface area (Å²) in [6.07, 6.45) is 2.95. The fourth-order valence-electron chi connectivity index (χ4n) is 2.22. The third-order valence-corrected chi connectivity index (χ3v) is 4.71. The molecule has 1 aromatic rings. The van der Waals surface area contributed by atoms with Gasteiger partial charge in [0.25, 0.3) is 0 Å². The molecule has 0 aliphatic carbocycles. The van der Waals surface area contributed by atoms with Crippen LogP contribution in [0, 0.1) is 0 Å². The van der Waals surface area contributed by atoms with Gasteiger partial charge in [-0.25, -0.2) is 13.1 Å². The quantitative estimate of drug-likeness (QED) is 0.653. The minimum atomic E-state index is -3.26. The van der Waals surface area contributed by atoms with Crippen molar-refractivity contribution in [2.24, 2.45) is 0 Å². The van der Waals surface area contributed by atoms with Gasteiger partial charge in [0.15, 0.2) is 0 Å². The molecule has 0 aliphatic rings. The summed E-state index contributed by atoms with van der Waals surface area (Å²) in [6, 6.07) is 7.77. The summed E-state index contributed by atoms with van der Waals surface area (Å²) in [7, 11) is -3.26. The molecule has 5 heteroatoms. The van der Waals surface area contributed by atoms with Crippen LogP contribution in [0.4, 0.5) is 0 Å². The first-order valence-electron chi connectivity index (χ1n) is 7.75. The van der Waals surface area contributed by atoms with Gasteiger partial charge in [0.2, 0.25) is 10.0 Å². The molecule has 0 saturated heterocycles. The standard InChI is InChI=1S/C16H28N2O2S/c1-4-6-14(3)18-21(19,20)13-16-9-7-15(8-10-16)12-17-11-5-2/h7-10,14,17-18H,4-6,11-13H2,1-3H3. The predicted octanol–water partition coefficient (Wildman–Crippen LogP) is 2.79. The van der Waals surface area contributed by atoms with Crippen LogP contribution in [0.5, 0.6) is 0 Å². The Balaban J connectivity index is 2.54. The second-order valence-electron chi connectivity index (χ2n) is 5.56. The molecule has 0 saturated carbocycles. The fraction of sp³-hybridized carbons (Fsp3) is 0.625. The Morgan fingerprint density at radius 3 is 2.24 bits per heavy atom. The van der Waals surface area contributed by atoms with Crippen LogP contribution in [0.25, 0.3) is 0 Å². The smallest absolute Gasteiger partial charge is 0.216 e. The molecule has 0 aliphatic heterocycles. The molecule has 1 unspecified atom stereocenters. The van der Waals surface area contributed by atoms with Crippen molar-refractivity contribution in [3.05, 3.63) is 35.4 Å². The molecule has 21 heavy (non-hydrogen) atoms. The van der Waals surface area contributed by atoms with E-state index in [0.29, 0.717) is 0 Å². The Bertz CT molecular complexity index is 498. The first-order chi connectivity index (χ1) is 9.96. The summed E-state index contributed by atoms with van der Waals surface area (Å²) in [5.74, 6) is 0.0454. The number of hydrogen-bond acceptors (Lipinski definition) is 3. The Kier molecular flexibility index (Phi) is 7.93. The van der Waals surface area contributed by atoms with E-state index in [4.69, 9.17) is 0 Å². The third kappa shape index (κ3) is 7.60. The van der Waals surface area contributed by atoms with Gasteiger partial charge in [-0.3, -0.25) is 0 Å². The van der Waals surface area contributed by atoms with Crippen molar-refractivity contribution in [3.8, 4) is 0 Å². The van der Waals surface area contributed by atoms with Crippen molar-refractivity contribution in [2.75, 3.05) is 6.54 Å². The highest BCUT2D eigenvalue weighted by Gasteiger charge is 2.14. The molecule has 0 amide bonds. The van der Waals surface area contributed by atoms with E-state index in [1.807, 2.05) is 31.2 Å². The minimum Gasteiger partial charge on any atom is -0.313 e. The monoisotopic (exact) mass is 312 g/mol. The number of benzene rings is 1. The van der Waals surface area contributed by atoms with E-state index in [1.165, 1.54) is 5.56 Å². The number of hydrogen-bond donors (Lipinski definition) is 2. The van der Waals surface area contributed by atoms with Gasteiger partial charge in [-0.1, -0.05) is 44.5 Å². The maximum atomic E-state index is 12.1. The summed E-state index contributed by atoms with van der Waals surface area (Å²) in [5.41, 5.74) is 2.00. The van der Waals surface area contributed by atoms with Crippen LogP contribution in [0.1, 0.15) is 51.2 Å². The molecule has 0 radical (unpaired) electrons. The van der Waals surface area contributed by atoms with Crippen LogP contribution in [-0.4, -0.2) is 21.0 Å². The molecule has 0 heterocycles. The maximum Gasteiger partial charge on any atom is 0.216 e. The Labute approximate surface area is 129 Å². The van der Waals surface area contributed by atoms with Crippen molar-refractivity contribution in [1.29, 1.82) is 0 Å². The van der Waals surface area contributed by atoms with Gasteiger partial charge >= 0.3 is 0 Å². The van der Waals surface area contributed by atoms with Crippen molar-refractivity contribution in [2.45, 2.75) is 58.4 Å². The van der Waals surface area contributed by atoms with Crippen LogP contribution < -0.4 is 10.0 Å². The highest BCUT2D eigenvalue weighted by atomic mass is 32.2. The van der Waals surface area contributed by atoms with Gasteiger partial charge < -0.3 is 5.32 Å². The highest BCUT2D eigenvalue weighted by molar-refractivity contribution is 7.88. The van der Waals surface area contributed by atoms with Gasteiger partial charge in [-0.2, -0.15) is 0 Å². The lowest BCUT2D eigenvalue weighted by atomic mass is 10.1. The zero-order chi connectivity index (χ0) is 15.7. The van der Waals surface area contributed by atoms with Crippen molar-refractivity contribution >= 4 is 10.0 Å². The second kappa shape index (κ2) is 9.18. The average molecular weight is 312 g/mol. The molecule has 4 nitrogen and oxygen atoms in total. The first-order valence-corrected chi connectivity index (χ1v) is 9.40. The number of rotatable bonds is 10. The highest BCUT2D eigenvalue weighted by Crippen LogP contribution is 2.09. The van der Waals surface area contributed by atoms with Gasteiger partial charge in [-0.05, 0) is 37.4 Å². The summed E-state index contributed by atoms with van der Waals surface area (Å²) in [4.78, 5) is 0. The Morgan fingerprint density at radius 1 is 1.05 bits per heavy atom. The molecular formula is C16H28N2O2S. The summed E-state index contributed by atoms with van der Waals surface area (Å²) in [6.45, 7) is 7.91. The molecule has 0 spiro atoms. The zero-order valence-corrected chi connectivity index (χ0v) is 14.2. The van der Waals surface area contributed by atoms with E-state index >= 15 is 0 Å². The van der Waals surface area contributed by atoms with Crippen LogP contribution in [-0.2, 0) is 22.3 Å². The molecule has 120 valence electrons. The maximum absolute atomic E-state index is 12.1. The predicted molar refractivity (Wildman–Crippen MR) is 88.6 cm³/mol. The van der Waals surface area contributed by atoms with E-state index in [1.54, 1.807) is 0 Å². The van der Waals surface area contributed by atoms with Crippen LogP contribution >= 0.6 is 0 Å². The molecule has 2 N–H and O–H groups in total. The third-order valence-electron chi connectivity index (χ3n) is 3.24. The molecule has 0 fully saturated rings. The normalized spacial score (nSPS) is 13.3. The van der Waals surface area contributed by atoms with Crippen LogP contribution in [0.2, 0.25) is 0 Å². The molecule has 0 aromatic heterocycles. The van der Waals surface area contributed by atoms with Gasteiger partial charge in [0.1, 0.15) is 0 Å². The Hall–Kier alpha value is -0.910. The molecular weight excluding hydrogens is 284 g/mol. The zero-order valence-electron chi connectivity index (χ0n) is 13.4. The van der Waals surface area contributed by atoms with E-state index in [9.17, 15) is 8.42 Å². The molecule has 0 bridgehead atoms. The summed E-state index contributed by atoms with van der Waals surface area (Å²) >= 11 is 0. The largest absolute Gasteiger partial charge is 0.313 e. The molecule has 1 rings (SSSR count). The summed E-state index contributed by atoms with van der Waals surface area (Å²) < 4.78 is 26.8. The van der Waals surface area contributed by atoms with Gasteiger partial charge in [0.05, 0.1) is 5.75 Å². The van der Waals surface area contributed by atoms with Crippen molar-refractivity contribution in [3.63, 3.8) is 0 Å². The Morgan fingerprint density at radius 2 is 1.67 bits per heavy atom. The van der Waals surface area contributed by atoms with E-state index in [0.717, 1.165) is 37.9 Å². The molecule has 1 atom stereocenters. The van der Waals surface area contributed by atoms with E-state index in [2.05, 4.69) is 23.9 Å². The first kappa shape index (κ1) is 18.1. The van der Waals surface area contributed by atoms with E-state index < -0.39 is 10.0 Å². The van der Waals surface area contributed by atoms with Crippen LogP contribution in [0.15, 0.2) is 24.3 Å². The van der Waals surface area contributed by atoms with Gasteiger partial charge in [0, 0.05) is 12.6 Å². The lowest BCUT2D eigenvalue weighted by Gasteiger charge is -2.13. The minimum absolute atomic E-state index is 0.00230. The SMILES string of the molecule is CCCNCc1ccc(CS(=O)(=O)NC(C)CCC)cc1.